The van der Waals surface area contributed by atoms with Crippen molar-refractivity contribution in [1.82, 2.24) is 19.6 Å². The number of sulfonamides is 1. The number of rotatable bonds is 3. The van der Waals surface area contributed by atoms with Gasteiger partial charge in [0.15, 0.2) is 5.03 Å². The molecule has 1 saturated heterocycles. The highest BCUT2D eigenvalue weighted by Gasteiger charge is 2.24. The van der Waals surface area contributed by atoms with E-state index in [1.807, 2.05) is 0 Å². The summed E-state index contributed by atoms with van der Waals surface area (Å²) in [6, 6.07) is -0.0745. The summed E-state index contributed by atoms with van der Waals surface area (Å²) in [5.74, 6) is 0. The third-order valence-corrected chi connectivity index (χ3v) is 4.43. The van der Waals surface area contributed by atoms with Gasteiger partial charge in [0, 0.05) is 25.8 Å². The van der Waals surface area contributed by atoms with Crippen molar-refractivity contribution in [2.75, 3.05) is 13.1 Å². The van der Waals surface area contributed by atoms with E-state index in [9.17, 15) is 8.42 Å². The lowest BCUT2D eigenvalue weighted by Crippen LogP contribution is -2.45. The molecule has 1 aromatic rings. The van der Waals surface area contributed by atoms with E-state index in [1.54, 1.807) is 7.05 Å². The van der Waals surface area contributed by atoms with E-state index in [2.05, 4.69) is 15.0 Å². The third-order valence-electron chi connectivity index (χ3n) is 2.69. The molecule has 0 unspecified atom stereocenters. The fourth-order valence-corrected chi connectivity index (χ4v) is 3.23. The number of halogens is 1. The molecule has 96 valence electrons. The Kier molecular flexibility index (Phi) is 3.72. The maximum Gasteiger partial charge on any atom is 0.259 e. The van der Waals surface area contributed by atoms with Gasteiger partial charge >= 0.3 is 0 Å². The zero-order valence-electron chi connectivity index (χ0n) is 9.48. The number of aromatic nitrogens is 2. The summed E-state index contributed by atoms with van der Waals surface area (Å²) < 4.78 is 28.1. The molecule has 1 atom stereocenters. The quantitative estimate of drug-likeness (QED) is 0.822. The standard InChI is InChI=1S/C9H15ClN4O2S/c1-14-6-8(12-9(14)10)17(15,16)13-7-3-2-4-11-5-7/h6-7,11,13H,2-5H2,1H3/t7-/m0/s1. The molecule has 0 saturated carbocycles. The highest BCUT2D eigenvalue weighted by atomic mass is 35.5. The van der Waals surface area contributed by atoms with Crippen molar-refractivity contribution >= 4 is 21.6 Å². The van der Waals surface area contributed by atoms with Crippen LogP contribution in [0, 0.1) is 0 Å². The zero-order valence-corrected chi connectivity index (χ0v) is 11.1. The maximum atomic E-state index is 12.0. The molecule has 17 heavy (non-hydrogen) atoms. The van der Waals surface area contributed by atoms with Gasteiger partial charge in [0.25, 0.3) is 10.0 Å². The summed E-state index contributed by atoms with van der Waals surface area (Å²) in [5, 5.41) is 3.27. The molecule has 0 radical (unpaired) electrons. The molecule has 2 heterocycles. The highest BCUT2D eigenvalue weighted by Crippen LogP contribution is 2.13. The van der Waals surface area contributed by atoms with Crippen LogP contribution in [0.2, 0.25) is 5.28 Å². The first kappa shape index (κ1) is 12.8. The van der Waals surface area contributed by atoms with E-state index in [0.29, 0.717) is 6.54 Å². The Balaban J connectivity index is 2.12. The average Bonchev–Trinajstić information content (AvgIpc) is 2.61. The summed E-state index contributed by atoms with van der Waals surface area (Å²) in [6.45, 7) is 1.59. The van der Waals surface area contributed by atoms with Crippen LogP contribution in [0.15, 0.2) is 11.2 Å². The molecule has 1 aliphatic rings. The number of hydrogen-bond acceptors (Lipinski definition) is 4. The van der Waals surface area contributed by atoms with Crippen LogP contribution < -0.4 is 10.0 Å². The van der Waals surface area contributed by atoms with Gasteiger partial charge < -0.3 is 9.88 Å². The van der Waals surface area contributed by atoms with Crippen molar-refractivity contribution in [2.24, 2.45) is 7.05 Å². The highest BCUT2D eigenvalue weighted by molar-refractivity contribution is 7.89. The molecular weight excluding hydrogens is 264 g/mol. The van der Waals surface area contributed by atoms with Gasteiger partial charge in [-0.05, 0) is 31.0 Å². The predicted molar refractivity (Wildman–Crippen MR) is 64.4 cm³/mol. The van der Waals surface area contributed by atoms with E-state index >= 15 is 0 Å². The van der Waals surface area contributed by atoms with Gasteiger partial charge in [-0.1, -0.05) is 0 Å². The molecular formula is C9H15ClN4O2S. The van der Waals surface area contributed by atoms with Crippen molar-refractivity contribution in [1.29, 1.82) is 0 Å². The normalized spacial score (nSPS) is 21.6. The number of nitrogens with zero attached hydrogens (tertiary/aromatic N) is 2. The molecule has 6 nitrogen and oxygen atoms in total. The summed E-state index contributed by atoms with van der Waals surface area (Å²) in [5.41, 5.74) is 0. The monoisotopic (exact) mass is 278 g/mol. The number of aryl methyl sites for hydroxylation is 1. The van der Waals surface area contributed by atoms with Crippen LogP contribution in [0.3, 0.4) is 0 Å². The van der Waals surface area contributed by atoms with Crippen molar-refractivity contribution in [3.8, 4) is 0 Å². The molecule has 0 aromatic carbocycles. The third kappa shape index (κ3) is 2.98. The number of piperidine rings is 1. The van der Waals surface area contributed by atoms with Crippen LogP contribution >= 0.6 is 11.6 Å². The van der Waals surface area contributed by atoms with E-state index in [0.717, 1.165) is 19.4 Å². The smallest absolute Gasteiger partial charge is 0.259 e. The Morgan fingerprint density at radius 1 is 1.65 bits per heavy atom. The predicted octanol–water partition coefficient (Wildman–Crippen LogP) is 0.104. The van der Waals surface area contributed by atoms with E-state index in [1.165, 1.54) is 10.8 Å². The van der Waals surface area contributed by atoms with Gasteiger partial charge in [0.05, 0.1) is 0 Å². The first-order valence-electron chi connectivity index (χ1n) is 5.41. The van der Waals surface area contributed by atoms with Crippen molar-refractivity contribution in [3.63, 3.8) is 0 Å². The molecule has 1 fully saturated rings. The summed E-state index contributed by atoms with van der Waals surface area (Å²) in [4.78, 5) is 3.80. The van der Waals surface area contributed by atoms with Gasteiger partial charge in [0.2, 0.25) is 5.28 Å². The molecule has 0 bridgehead atoms. The minimum absolute atomic E-state index is 0.0319. The fourth-order valence-electron chi connectivity index (χ4n) is 1.78. The maximum absolute atomic E-state index is 12.0. The lowest BCUT2D eigenvalue weighted by Gasteiger charge is -2.22. The molecule has 0 aliphatic carbocycles. The van der Waals surface area contributed by atoms with Crippen LogP contribution in [-0.4, -0.2) is 37.1 Å². The van der Waals surface area contributed by atoms with E-state index in [4.69, 9.17) is 11.6 Å². The van der Waals surface area contributed by atoms with Gasteiger partial charge in [-0.25, -0.2) is 18.1 Å². The largest absolute Gasteiger partial charge is 0.323 e. The van der Waals surface area contributed by atoms with Gasteiger partial charge in [-0.2, -0.15) is 0 Å². The molecule has 2 N–H and O–H groups in total. The minimum Gasteiger partial charge on any atom is -0.323 e. The second kappa shape index (κ2) is 4.93. The lowest BCUT2D eigenvalue weighted by molar-refractivity contribution is 0.428. The summed E-state index contributed by atoms with van der Waals surface area (Å²) >= 11 is 5.73. The molecule has 1 aromatic heterocycles. The zero-order chi connectivity index (χ0) is 12.5. The number of nitrogens with one attached hydrogen (secondary N) is 2. The molecule has 0 spiro atoms. The topological polar surface area (TPSA) is 76.0 Å². The van der Waals surface area contributed by atoms with Crippen molar-refractivity contribution < 1.29 is 8.42 Å². The Hall–Kier alpha value is -0.630. The van der Waals surface area contributed by atoms with Gasteiger partial charge in [-0.3, -0.25) is 0 Å². The van der Waals surface area contributed by atoms with Gasteiger partial charge in [-0.15, -0.1) is 0 Å². The van der Waals surface area contributed by atoms with Crippen LogP contribution in [0.1, 0.15) is 12.8 Å². The minimum atomic E-state index is -3.57. The van der Waals surface area contributed by atoms with Crippen molar-refractivity contribution in [2.45, 2.75) is 23.9 Å². The second-order valence-corrected chi connectivity index (χ2v) is 6.12. The van der Waals surface area contributed by atoms with Crippen molar-refractivity contribution in [3.05, 3.63) is 11.5 Å². The van der Waals surface area contributed by atoms with Crippen LogP contribution in [0.4, 0.5) is 0 Å². The number of hydrogen-bond donors (Lipinski definition) is 2. The fraction of sp³-hybridized carbons (Fsp3) is 0.667. The summed E-state index contributed by atoms with van der Waals surface area (Å²) in [7, 11) is -1.92. The van der Waals surface area contributed by atoms with Crippen LogP contribution in [-0.2, 0) is 17.1 Å². The molecule has 1 aliphatic heterocycles. The van der Waals surface area contributed by atoms with Gasteiger partial charge in [0.1, 0.15) is 0 Å². The SMILES string of the molecule is Cn1cc(S(=O)(=O)N[C@H]2CCCNC2)nc1Cl. The second-order valence-electron chi connectivity index (χ2n) is 4.12. The lowest BCUT2D eigenvalue weighted by atomic mass is 10.1. The molecule has 8 heteroatoms. The first-order chi connectivity index (χ1) is 7.99. The average molecular weight is 279 g/mol. The Morgan fingerprint density at radius 2 is 2.41 bits per heavy atom. The van der Waals surface area contributed by atoms with E-state index < -0.39 is 10.0 Å². The Bertz CT molecular complexity index is 474. The Labute approximate surface area is 105 Å². The van der Waals surface area contributed by atoms with E-state index in [-0.39, 0.29) is 16.4 Å². The first-order valence-corrected chi connectivity index (χ1v) is 7.27. The summed E-state index contributed by atoms with van der Waals surface area (Å²) in [6.07, 6.45) is 3.21. The van der Waals surface area contributed by atoms with Crippen LogP contribution in [0.25, 0.3) is 0 Å². The molecule has 2 rings (SSSR count). The molecule has 0 amide bonds. The Morgan fingerprint density at radius 3 is 2.94 bits per heavy atom. The number of imidazole rings is 1. The van der Waals surface area contributed by atoms with Crippen LogP contribution in [0.5, 0.6) is 0 Å².